The molecule has 1 atom stereocenters. The van der Waals surface area contributed by atoms with E-state index < -0.39 is 11.9 Å². The molecule has 0 saturated carbocycles. The second kappa shape index (κ2) is 4.53. The van der Waals surface area contributed by atoms with Gasteiger partial charge >= 0.3 is 0 Å². The van der Waals surface area contributed by atoms with E-state index in [1.54, 1.807) is 6.07 Å². The third-order valence-corrected chi connectivity index (χ3v) is 3.50. The zero-order valence-electron chi connectivity index (χ0n) is 8.58. The Labute approximate surface area is 102 Å². The largest absolute Gasteiger partial charge is 0.383 e. The molecule has 0 radical (unpaired) electrons. The van der Waals surface area contributed by atoms with Crippen LogP contribution in [0, 0.1) is 12.7 Å². The highest BCUT2D eigenvalue weighted by atomic mass is 35.5. The third kappa shape index (κ3) is 2.43. The van der Waals surface area contributed by atoms with Crippen LogP contribution in [0.5, 0.6) is 0 Å². The second-order valence-corrected chi connectivity index (χ2v) is 5.31. The van der Waals surface area contributed by atoms with E-state index in [0.29, 0.717) is 10.6 Å². The molecule has 4 heteroatoms. The SMILES string of the molecule is Cc1ccc([C@@H](O)c2cc(F)cc(Cl)c2)s1. The van der Waals surface area contributed by atoms with Gasteiger partial charge in [0.25, 0.3) is 0 Å². The number of benzene rings is 1. The first kappa shape index (κ1) is 11.6. The van der Waals surface area contributed by atoms with Crippen LogP contribution in [0.25, 0.3) is 0 Å². The van der Waals surface area contributed by atoms with Crippen molar-refractivity contribution in [1.29, 1.82) is 0 Å². The molecular weight excluding hydrogens is 247 g/mol. The van der Waals surface area contributed by atoms with Crippen molar-refractivity contribution < 1.29 is 9.50 Å². The van der Waals surface area contributed by atoms with Crippen molar-refractivity contribution in [3.05, 3.63) is 56.5 Å². The van der Waals surface area contributed by atoms with Gasteiger partial charge < -0.3 is 5.11 Å². The summed E-state index contributed by atoms with van der Waals surface area (Å²) in [6.07, 6.45) is -0.813. The summed E-state index contributed by atoms with van der Waals surface area (Å²) in [5.41, 5.74) is 0.479. The first-order valence-electron chi connectivity index (χ1n) is 4.76. The van der Waals surface area contributed by atoms with E-state index in [4.69, 9.17) is 11.6 Å². The molecule has 0 fully saturated rings. The molecule has 0 spiro atoms. The van der Waals surface area contributed by atoms with Crippen molar-refractivity contribution in [1.82, 2.24) is 0 Å². The highest BCUT2D eigenvalue weighted by Gasteiger charge is 2.13. The Morgan fingerprint density at radius 1 is 1.31 bits per heavy atom. The summed E-state index contributed by atoms with van der Waals surface area (Å²) in [5, 5.41) is 10.3. The van der Waals surface area contributed by atoms with Crippen LogP contribution >= 0.6 is 22.9 Å². The Hall–Kier alpha value is -0.900. The minimum atomic E-state index is -0.813. The van der Waals surface area contributed by atoms with Crippen molar-refractivity contribution in [3.8, 4) is 0 Å². The highest BCUT2D eigenvalue weighted by Crippen LogP contribution is 2.29. The Morgan fingerprint density at radius 3 is 2.62 bits per heavy atom. The number of aryl methyl sites for hydroxylation is 1. The van der Waals surface area contributed by atoms with E-state index in [1.165, 1.54) is 23.5 Å². The summed E-state index contributed by atoms with van der Waals surface area (Å²) in [5.74, 6) is -0.435. The fourth-order valence-electron chi connectivity index (χ4n) is 1.50. The van der Waals surface area contributed by atoms with E-state index in [0.717, 1.165) is 9.75 Å². The van der Waals surface area contributed by atoms with Gasteiger partial charge in [-0.3, -0.25) is 0 Å². The number of hydrogen-bond acceptors (Lipinski definition) is 2. The Morgan fingerprint density at radius 2 is 2.06 bits per heavy atom. The van der Waals surface area contributed by atoms with Gasteiger partial charge in [-0.15, -0.1) is 11.3 Å². The monoisotopic (exact) mass is 256 g/mol. The zero-order valence-corrected chi connectivity index (χ0v) is 10.1. The second-order valence-electron chi connectivity index (χ2n) is 3.55. The molecule has 0 aliphatic rings. The van der Waals surface area contributed by atoms with Crippen LogP contribution in [0.2, 0.25) is 5.02 Å². The number of aliphatic hydroxyl groups is 1. The summed E-state index contributed by atoms with van der Waals surface area (Å²) in [6.45, 7) is 1.96. The first-order valence-corrected chi connectivity index (χ1v) is 5.96. The third-order valence-electron chi connectivity index (χ3n) is 2.23. The minimum Gasteiger partial charge on any atom is -0.383 e. The molecule has 0 saturated heterocycles. The van der Waals surface area contributed by atoms with Gasteiger partial charge in [0.1, 0.15) is 11.9 Å². The maximum absolute atomic E-state index is 13.1. The molecule has 2 aromatic rings. The zero-order chi connectivity index (χ0) is 11.7. The van der Waals surface area contributed by atoms with E-state index in [9.17, 15) is 9.50 Å². The normalized spacial score (nSPS) is 12.8. The average molecular weight is 257 g/mol. The van der Waals surface area contributed by atoms with Crippen molar-refractivity contribution >= 4 is 22.9 Å². The van der Waals surface area contributed by atoms with Gasteiger partial charge in [-0.1, -0.05) is 11.6 Å². The van der Waals surface area contributed by atoms with Gasteiger partial charge in [-0.05, 0) is 42.8 Å². The van der Waals surface area contributed by atoms with Crippen molar-refractivity contribution in [2.75, 3.05) is 0 Å². The van der Waals surface area contributed by atoms with Gasteiger partial charge in [0.15, 0.2) is 0 Å². The molecule has 1 aromatic heterocycles. The molecule has 0 aliphatic carbocycles. The Balaban J connectivity index is 2.37. The summed E-state index contributed by atoms with van der Waals surface area (Å²) in [7, 11) is 0. The molecule has 0 bridgehead atoms. The summed E-state index contributed by atoms with van der Waals surface area (Å²) >= 11 is 7.23. The van der Waals surface area contributed by atoms with Crippen molar-refractivity contribution in [2.24, 2.45) is 0 Å². The van der Waals surface area contributed by atoms with Gasteiger partial charge in [0, 0.05) is 14.8 Å². The van der Waals surface area contributed by atoms with Crippen LogP contribution in [0.1, 0.15) is 21.4 Å². The van der Waals surface area contributed by atoms with Crippen molar-refractivity contribution in [3.63, 3.8) is 0 Å². The number of hydrogen-bond donors (Lipinski definition) is 1. The predicted octanol–water partition coefficient (Wildman–Crippen LogP) is 3.93. The van der Waals surface area contributed by atoms with Gasteiger partial charge in [-0.25, -0.2) is 4.39 Å². The van der Waals surface area contributed by atoms with E-state index >= 15 is 0 Å². The van der Waals surface area contributed by atoms with Crippen LogP contribution in [-0.2, 0) is 0 Å². The molecule has 0 aliphatic heterocycles. The lowest BCUT2D eigenvalue weighted by molar-refractivity contribution is 0.223. The number of halogens is 2. The number of thiophene rings is 1. The maximum atomic E-state index is 13.1. The smallest absolute Gasteiger partial charge is 0.125 e. The fraction of sp³-hybridized carbons (Fsp3) is 0.167. The minimum absolute atomic E-state index is 0.294. The molecule has 1 heterocycles. The summed E-state index contributed by atoms with van der Waals surface area (Å²) in [6, 6.07) is 7.85. The van der Waals surface area contributed by atoms with Crippen LogP contribution in [0.15, 0.2) is 30.3 Å². The fourth-order valence-corrected chi connectivity index (χ4v) is 2.62. The lowest BCUT2D eigenvalue weighted by Crippen LogP contribution is -1.97. The Kier molecular flexibility index (Phi) is 3.28. The maximum Gasteiger partial charge on any atom is 0.125 e. The van der Waals surface area contributed by atoms with E-state index in [-0.39, 0.29) is 0 Å². The van der Waals surface area contributed by atoms with Gasteiger partial charge in [0.05, 0.1) is 0 Å². The average Bonchev–Trinajstić information content (AvgIpc) is 2.62. The van der Waals surface area contributed by atoms with Gasteiger partial charge in [0.2, 0.25) is 0 Å². The van der Waals surface area contributed by atoms with Crippen LogP contribution in [-0.4, -0.2) is 5.11 Å². The highest BCUT2D eigenvalue weighted by molar-refractivity contribution is 7.12. The van der Waals surface area contributed by atoms with Gasteiger partial charge in [-0.2, -0.15) is 0 Å². The predicted molar refractivity (Wildman–Crippen MR) is 64.5 cm³/mol. The molecule has 0 amide bonds. The van der Waals surface area contributed by atoms with Crippen molar-refractivity contribution in [2.45, 2.75) is 13.0 Å². The van der Waals surface area contributed by atoms with Crippen LogP contribution < -0.4 is 0 Å². The molecule has 2 rings (SSSR count). The molecule has 1 nitrogen and oxygen atoms in total. The lowest BCUT2D eigenvalue weighted by Gasteiger charge is -2.09. The quantitative estimate of drug-likeness (QED) is 0.863. The van der Waals surface area contributed by atoms with Crippen LogP contribution in [0.4, 0.5) is 4.39 Å². The Bertz CT molecular complexity index is 489. The first-order chi connectivity index (χ1) is 7.56. The number of rotatable bonds is 2. The molecular formula is C12H10ClFOS. The molecule has 84 valence electrons. The summed E-state index contributed by atoms with van der Waals surface area (Å²) in [4.78, 5) is 1.90. The lowest BCUT2D eigenvalue weighted by atomic mass is 10.1. The standard InChI is InChI=1S/C12H10ClFOS/c1-7-2-3-11(16-7)12(15)8-4-9(13)6-10(14)5-8/h2-6,12,15H,1H3/t12-/m0/s1. The number of aliphatic hydroxyl groups excluding tert-OH is 1. The molecule has 1 N–H and O–H groups in total. The van der Waals surface area contributed by atoms with E-state index in [2.05, 4.69) is 0 Å². The molecule has 1 aromatic carbocycles. The van der Waals surface area contributed by atoms with E-state index in [1.807, 2.05) is 19.1 Å². The molecule has 0 unspecified atom stereocenters. The summed E-state index contributed by atoms with van der Waals surface area (Å²) < 4.78 is 13.1. The topological polar surface area (TPSA) is 20.2 Å². The van der Waals surface area contributed by atoms with Crippen LogP contribution in [0.3, 0.4) is 0 Å². The molecule has 16 heavy (non-hydrogen) atoms.